The maximum atomic E-state index is 12.3. The van der Waals surface area contributed by atoms with Gasteiger partial charge in [-0.2, -0.15) is 0 Å². The van der Waals surface area contributed by atoms with Gasteiger partial charge in [-0.05, 0) is 38.0 Å². The van der Waals surface area contributed by atoms with Crippen LogP contribution < -0.4 is 5.32 Å². The molecule has 0 aliphatic heterocycles. The zero-order valence-electron chi connectivity index (χ0n) is 11.5. The van der Waals surface area contributed by atoms with Gasteiger partial charge in [-0.15, -0.1) is 11.3 Å². The van der Waals surface area contributed by atoms with E-state index in [9.17, 15) is 9.59 Å². The van der Waals surface area contributed by atoms with E-state index < -0.39 is 5.97 Å². The highest BCUT2D eigenvalue weighted by Crippen LogP contribution is 2.28. The third-order valence-electron chi connectivity index (χ3n) is 3.02. The summed E-state index contributed by atoms with van der Waals surface area (Å²) in [6, 6.07) is 7.17. The van der Waals surface area contributed by atoms with Crippen LogP contribution in [0.2, 0.25) is 0 Å². The largest absolute Gasteiger partial charge is 0.478 e. The van der Waals surface area contributed by atoms with E-state index in [0.29, 0.717) is 10.6 Å². The van der Waals surface area contributed by atoms with E-state index >= 15 is 0 Å². The van der Waals surface area contributed by atoms with Gasteiger partial charge in [0.25, 0.3) is 5.91 Å². The fraction of sp³-hybridized carbons (Fsp3) is 0.200. The molecule has 1 heterocycles. The quantitative estimate of drug-likeness (QED) is 0.906. The standard InChI is InChI=1S/C15H15NO3S/c1-8-5-4-6-9(2)12(8)13(17)16-14-11(15(18)19)7-10(3)20-14/h4-7H,1-3H3,(H,16,17)(H,18,19). The second-order valence-electron chi connectivity index (χ2n) is 4.63. The number of rotatable bonds is 3. The van der Waals surface area contributed by atoms with E-state index in [-0.39, 0.29) is 11.5 Å². The van der Waals surface area contributed by atoms with Crippen molar-refractivity contribution in [2.24, 2.45) is 0 Å². The number of aryl methyl sites for hydroxylation is 3. The molecule has 0 radical (unpaired) electrons. The van der Waals surface area contributed by atoms with Crippen molar-refractivity contribution in [2.75, 3.05) is 5.32 Å². The lowest BCUT2D eigenvalue weighted by Crippen LogP contribution is -2.15. The van der Waals surface area contributed by atoms with Crippen LogP contribution in [0.1, 0.15) is 36.7 Å². The molecule has 1 aromatic carbocycles. The van der Waals surface area contributed by atoms with Gasteiger partial charge in [0.2, 0.25) is 0 Å². The van der Waals surface area contributed by atoms with Gasteiger partial charge in [0.1, 0.15) is 5.00 Å². The molecule has 5 heteroatoms. The summed E-state index contributed by atoms with van der Waals surface area (Å²) in [5, 5.41) is 12.2. The minimum Gasteiger partial charge on any atom is -0.478 e. The van der Waals surface area contributed by atoms with E-state index in [4.69, 9.17) is 5.11 Å². The van der Waals surface area contributed by atoms with E-state index in [1.807, 2.05) is 39.0 Å². The molecule has 2 rings (SSSR count). The molecule has 2 N–H and O–H groups in total. The zero-order valence-corrected chi connectivity index (χ0v) is 12.3. The van der Waals surface area contributed by atoms with Crippen molar-refractivity contribution in [1.29, 1.82) is 0 Å². The highest BCUT2D eigenvalue weighted by atomic mass is 32.1. The summed E-state index contributed by atoms with van der Waals surface area (Å²) in [6.45, 7) is 5.53. The number of benzene rings is 1. The van der Waals surface area contributed by atoms with Crippen molar-refractivity contribution < 1.29 is 14.7 Å². The summed E-state index contributed by atoms with van der Waals surface area (Å²) in [5.41, 5.74) is 2.46. The van der Waals surface area contributed by atoms with Crippen LogP contribution in [0, 0.1) is 20.8 Å². The third-order valence-corrected chi connectivity index (χ3v) is 3.99. The molecule has 20 heavy (non-hydrogen) atoms. The molecule has 104 valence electrons. The van der Waals surface area contributed by atoms with Gasteiger partial charge in [-0.25, -0.2) is 4.79 Å². The van der Waals surface area contributed by atoms with Crippen molar-refractivity contribution in [3.8, 4) is 0 Å². The summed E-state index contributed by atoms with van der Waals surface area (Å²) in [7, 11) is 0. The molecule has 0 bridgehead atoms. The molecule has 2 aromatic rings. The molecule has 4 nitrogen and oxygen atoms in total. The zero-order chi connectivity index (χ0) is 14.9. The molecule has 1 amide bonds. The van der Waals surface area contributed by atoms with Crippen molar-refractivity contribution in [3.05, 3.63) is 51.4 Å². The number of hydrogen-bond acceptors (Lipinski definition) is 3. The van der Waals surface area contributed by atoms with E-state index in [1.165, 1.54) is 11.3 Å². The first-order valence-corrected chi connectivity index (χ1v) is 6.93. The Hall–Kier alpha value is -2.14. The molecule has 0 spiro atoms. The maximum Gasteiger partial charge on any atom is 0.338 e. The van der Waals surface area contributed by atoms with Crippen molar-refractivity contribution in [3.63, 3.8) is 0 Å². The van der Waals surface area contributed by atoms with Crippen LogP contribution in [0.4, 0.5) is 5.00 Å². The minimum atomic E-state index is -1.04. The Bertz CT molecular complexity index is 668. The predicted octanol–water partition coefficient (Wildman–Crippen LogP) is 3.62. The van der Waals surface area contributed by atoms with Crippen LogP contribution in [0.3, 0.4) is 0 Å². The number of amides is 1. The Labute approximate surface area is 121 Å². The van der Waals surface area contributed by atoms with Gasteiger partial charge in [0.05, 0.1) is 5.56 Å². The predicted molar refractivity (Wildman–Crippen MR) is 79.9 cm³/mol. The first-order valence-electron chi connectivity index (χ1n) is 6.11. The number of aromatic carboxylic acids is 1. The number of anilines is 1. The normalized spacial score (nSPS) is 10.3. The Morgan fingerprint density at radius 2 is 1.75 bits per heavy atom. The number of carbonyl (C=O) groups excluding carboxylic acids is 1. The van der Waals surface area contributed by atoms with Gasteiger partial charge in [0, 0.05) is 10.4 Å². The minimum absolute atomic E-state index is 0.132. The number of nitrogens with one attached hydrogen (secondary N) is 1. The number of carbonyl (C=O) groups is 2. The smallest absolute Gasteiger partial charge is 0.338 e. The number of carboxylic acid groups (broad SMARTS) is 1. The summed E-state index contributed by atoms with van der Waals surface area (Å²) < 4.78 is 0. The molecule has 0 fully saturated rings. The van der Waals surface area contributed by atoms with E-state index in [0.717, 1.165) is 16.0 Å². The molecule has 0 saturated heterocycles. The average Bonchev–Trinajstić information content (AvgIpc) is 2.70. The lowest BCUT2D eigenvalue weighted by atomic mass is 10.0. The monoisotopic (exact) mass is 289 g/mol. The SMILES string of the molecule is Cc1cc(C(=O)O)c(NC(=O)c2c(C)cccc2C)s1. The number of thiophene rings is 1. The molecule has 0 atom stereocenters. The Balaban J connectivity index is 2.35. The summed E-state index contributed by atoms with van der Waals surface area (Å²) in [6.07, 6.45) is 0. The third kappa shape index (κ3) is 2.72. The van der Waals surface area contributed by atoms with Gasteiger partial charge < -0.3 is 10.4 Å². The number of carboxylic acids is 1. The van der Waals surface area contributed by atoms with E-state index in [1.54, 1.807) is 6.07 Å². The average molecular weight is 289 g/mol. The molecule has 0 unspecified atom stereocenters. The van der Waals surface area contributed by atoms with Gasteiger partial charge in [-0.1, -0.05) is 18.2 Å². The van der Waals surface area contributed by atoms with Gasteiger partial charge >= 0.3 is 5.97 Å². The Morgan fingerprint density at radius 1 is 1.15 bits per heavy atom. The highest BCUT2D eigenvalue weighted by Gasteiger charge is 2.18. The Morgan fingerprint density at radius 3 is 2.30 bits per heavy atom. The van der Waals surface area contributed by atoms with Gasteiger partial charge in [0.15, 0.2) is 0 Å². The van der Waals surface area contributed by atoms with Crippen molar-refractivity contribution >= 4 is 28.2 Å². The molecule has 0 aliphatic rings. The molecule has 0 saturated carbocycles. The summed E-state index contributed by atoms with van der Waals surface area (Å²) in [5.74, 6) is -1.31. The van der Waals surface area contributed by atoms with Crippen LogP contribution in [-0.4, -0.2) is 17.0 Å². The number of hydrogen-bond donors (Lipinski definition) is 2. The van der Waals surface area contributed by atoms with Crippen molar-refractivity contribution in [1.82, 2.24) is 0 Å². The lowest BCUT2D eigenvalue weighted by molar-refractivity contribution is 0.0698. The van der Waals surface area contributed by atoms with Crippen molar-refractivity contribution in [2.45, 2.75) is 20.8 Å². The first-order chi connectivity index (χ1) is 9.40. The highest BCUT2D eigenvalue weighted by molar-refractivity contribution is 7.16. The molecule has 0 aliphatic carbocycles. The van der Waals surface area contributed by atoms with Crippen LogP contribution in [0.25, 0.3) is 0 Å². The maximum absolute atomic E-state index is 12.3. The second-order valence-corrected chi connectivity index (χ2v) is 5.88. The molecular weight excluding hydrogens is 274 g/mol. The van der Waals surface area contributed by atoms with Crippen LogP contribution in [0.5, 0.6) is 0 Å². The molecule has 1 aromatic heterocycles. The first kappa shape index (κ1) is 14.3. The lowest BCUT2D eigenvalue weighted by Gasteiger charge is -2.09. The van der Waals surface area contributed by atoms with Crippen LogP contribution in [-0.2, 0) is 0 Å². The van der Waals surface area contributed by atoms with Crippen LogP contribution >= 0.6 is 11.3 Å². The summed E-state index contributed by atoms with van der Waals surface area (Å²) in [4.78, 5) is 24.3. The second kappa shape index (κ2) is 5.46. The summed E-state index contributed by atoms with van der Waals surface area (Å²) >= 11 is 1.26. The van der Waals surface area contributed by atoms with Gasteiger partial charge in [-0.3, -0.25) is 4.79 Å². The topological polar surface area (TPSA) is 66.4 Å². The Kier molecular flexibility index (Phi) is 3.90. The molecular formula is C15H15NO3S. The fourth-order valence-corrected chi connectivity index (χ4v) is 3.00. The van der Waals surface area contributed by atoms with E-state index in [2.05, 4.69) is 5.32 Å². The fourth-order valence-electron chi connectivity index (χ4n) is 2.10. The van der Waals surface area contributed by atoms with Crippen LogP contribution in [0.15, 0.2) is 24.3 Å².